The van der Waals surface area contributed by atoms with Gasteiger partial charge in [0.1, 0.15) is 11.6 Å². The molecule has 0 amide bonds. The van der Waals surface area contributed by atoms with E-state index in [1.54, 1.807) is 6.07 Å². The molecular weight excluding hydrogens is 239 g/mol. The predicted octanol–water partition coefficient (Wildman–Crippen LogP) is 2.13. The number of nitrogens with two attached hydrogens (primary N) is 1. The number of pyridine rings is 1. The first-order valence-electron chi connectivity index (χ1n) is 5.31. The van der Waals surface area contributed by atoms with Gasteiger partial charge < -0.3 is 5.43 Å². The molecule has 0 spiro atoms. The Hall–Kier alpha value is -2.28. The number of fused-ring (bicyclic) bond motifs is 1. The quantitative estimate of drug-likeness (QED) is 0.494. The number of benzene rings is 1. The van der Waals surface area contributed by atoms with Crippen molar-refractivity contribution in [3.63, 3.8) is 0 Å². The second kappa shape index (κ2) is 4.53. The minimum atomic E-state index is -0.662. The van der Waals surface area contributed by atoms with Gasteiger partial charge in [0.2, 0.25) is 0 Å². The standard InChI is InChI=1S/C11H11FN4O2/c1-2-6-3-7-4-8(12)5-9(16(17)18)10(7)14-11(6)15-13/h3-5H,2,13H2,1H3,(H,14,15). The fourth-order valence-electron chi connectivity index (χ4n) is 1.81. The van der Waals surface area contributed by atoms with Gasteiger partial charge in [-0.1, -0.05) is 6.92 Å². The molecule has 0 bridgehead atoms. The number of nitro groups is 1. The molecule has 1 aromatic carbocycles. The van der Waals surface area contributed by atoms with Crippen molar-refractivity contribution in [2.24, 2.45) is 5.84 Å². The monoisotopic (exact) mass is 250 g/mol. The number of aryl methyl sites for hydroxylation is 1. The number of non-ortho nitro benzene ring substituents is 1. The summed E-state index contributed by atoms with van der Waals surface area (Å²) in [6, 6.07) is 3.71. The average Bonchev–Trinajstić information content (AvgIpc) is 2.35. The topological polar surface area (TPSA) is 94.1 Å². The first-order valence-corrected chi connectivity index (χ1v) is 5.31. The van der Waals surface area contributed by atoms with Crippen LogP contribution in [0.25, 0.3) is 10.9 Å². The lowest BCUT2D eigenvalue weighted by Crippen LogP contribution is -2.11. The van der Waals surface area contributed by atoms with Crippen LogP contribution < -0.4 is 11.3 Å². The van der Waals surface area contributed by atoms with Gasteiger partial charge in [0.05, 0.1) is 11.0 Å². The molecule has 0 aliphatic carbocycles. The van der Waals surface area contributed by atoms with Gasteiger partial charge in [-0.15, -0.1) is 0 Å². The molecule has 0 atom stereocenters. The van der Waals surface area contributed by atoms with Crippen molar-refractivity contribution in [2.45, 2.75) is 13.3 Å². The number of anilines is 1. The molecule has 1 aromatic heterocycles. The molecule has 0 radical (unpaired) electrons. The van der Waals surface area contributed by atoms with E-state index in [1.165, 1.54) is 6.07 Å². The Kier molecular flexibility index (Phi) is 3.07. The molecule has 0 aliphatic rings. The van der Waals surface area contributed by atoms with Gasteiger partial charge in [-0.05, 0) is 24.1 Å². The second-order valence-electron chi connectivity index (χ2n) is 3.75. The Morgan fingerprint density at radius 3 is 2.78 bits per heavy atom. The van der Waals surface area contributed by atoms with Crippen molar-refractivity contribution >= 4 is 22.4 Å². The maximum Gasteiger partial charge on any atom is 0.298 e. The molecule has 0 saturated heterocycles. The maximum atomic E-state index is 13.3. The van der Waals surface area contributed by atoms with Crippen molar-refractivity contribution in [3.05, 3.63) is 39.7 Å². The fourth-order valence-corrected chi connectivity index (χ4v) is 1.81. The molecule has 0 saturated carbocycles. The molecule has 1 heterocycles. The van der Waals surface area contributed by atoms with Crippen LogP contribution >= 0.6 is 0 Å². The van der Waals surface area contributed by atoms with Crippen LogP contribution in [0, 0.1) is 15.9 Å². The molecule has 2 rings (SSSR count). The molecule has 0 aliphatic heterocycles. The lowest BCUT2D eigenvalue weighted by molar-refractivity contribution is -0.383. The van der Waals surface area contributed by atoms with E-state index in [2.05, 4.69) is 10.4 Å². The number of rotatable bonds is 3. The Morgan fingerprint density at radius 1 is 1.50 bits per heavy atom. The summed E-state index contributed by atoms with van der Waals surface area (Å²) in [5, 5.41) is 11.3. The molecule has 0 fully saturated rings. The maximum absolute atomic E-state index is 13.3. The van der Waals surface area contributed by atoms with Gasteiger partial charge in [-0.2, -0.15) is 0 Å². The van der Waals surface area contributed by atoms with Gasteiger partial charge in [0.15, 0.2) is 5.52 Å². The Balaban J connectivity index is 2.83. The van der Waals surface area contributed by atoms with E-state index < -0.39 is 10.7 Å². The van der Waals surface area contributed by atoms with Gasteiger partial charge >= 0.3 is 0 Å². The molecular formula is C11H11FN4O2. The first kappa shape index (κ1) is 12.2. The van der Waals surface area contributed by atoms with Crippen LogP contribution in [0.1, 0.15) is 12.5 Å². The van der Waals surface area contributed by atoms with E-state index in [1.807, 2.05) is 6.92 Å². The van der Waals surface area contributed by atoms with E-state index in [-0.39, 0.29) is 11.2 Å². The van der Waals surface area contributed by atoms with Gasteiger partial charge in [-0.3, -0.25) is 10.1 Å². The van der Waals surface area contributed by atoms with Gasteiger partial charge in [0, 0.05) is 5.39 Å². The highest BCUT2D eigenvalue weighted by Gasteiger charge is 2.17. The van der Waals surface area contributed by atoms with Crippen molar-refractivity contribution in [1.29, 1.82) is 0 Å². The number of nitrogens with one attached hydrogen (secondary N) is 1. The van der Waals surface area contributed by atoms with Crippen LogP contribution in [0.4, 0.5) is 15.9 Å². The molecule has 6 nitrogen and oxygen atoms in total. The minimum Gasteiger partial charge on any atom is -0.308 e. The highest BCUT2D eigenvalue weighted by molar-refractivity contribution is 5.89. The zero-order valence-electron chi connectivity index (χ0n) is 9.61. The molecule has 0 unspecified atom stereocenters. The van der Waals surface area contributed by atoms with Crippen LogP contribution in [-0.4, -0.2) is 9.91 Å². The van der Waals surface area contributed by atoms with E-state index >= 15 is 0 Å². The third-order valence-corrected chi connectivity index (χ3v) is 2.66. The van der Waals surface area contributed by atoms with Crippen LogP contribution in [0.15, 0.2) is 18.2 Å². The number of hydrazine groups is 1. The lowest BCUT2D eigenvalue weighted by Gasteiger charge is -2.08. The highest BCUT2D eigenvalue weighted by atomic mass is 19.1. The van der Waals surface area contributed by atoms with Gasteiger partial charge in [-0.25, -0.2) is 15.2 Å². The SMILES string of the molecule is CCc1cc2cc(F)cc([N+](=O)[O-])c2nc1NN. The molecule has 3 N–H and O–H groups in total. The molecule has 18 heavy (non-hydrogen) atoms. The Labute approximate surface area is 102 Å². The van der Waals surface area contributed by atoms with E-state index in [4.69, 9.17) is 5.84 Å². The van der Waals surface area contributed by atoms with Crippen molar-refractivity contribution in [2.75, 3.05) is 5.43 Å². The zero-order chi connectivity index (χ0) is 13.3. The predicted molar refractivity (Wildman–Crippen MR) is 65.5 cm³/mol. The number of hydrogen-bond acceptors (Lipinski definition) is 5. The first-order chi connectivity index (χ1) is 8.56. The molecule has 7 heteroatoms. The van der Waals surface area contributed by atoms with E-state index in [9.17, 15) is 14.5 Å². The summed E-state index contributed by atoms with van der Waals surface area (Å²) in [4.78, 5) is 14.3. The molecule has 94 valence electrons. The smallest absolute Gasteiger partial charge is 0.298 e. The van der Waals surface area contributed by atoms with Crippen LogP contribution in [0.3, 0.4) is 0 Å². The van der Waals surface area contributed by atoms with Crippen molar-refractivity contribution < 1.29 is 9.31 Å². The number of aromatic nitrogens is 1. The summed E-state index contributed by atoms with van der Waals surface area (Å²) in [5.41, 5.74) is 2.91. The highest BCUT2D eigenvalue weighted by Crippen LogP contribution is 2.28. The third-order valence-electron chi connectivity index (χ3n) is 2.66. The summed E-state index contributed by atoms with van der Waals surface area (Å²) >= 11 is 0. The third kappa shape index (κ3) is 1.95. The number of nitrogen functional groups attached to an aromatic ring is 1. The summed E-state index contributed by atoms with van der Waals surface area (Å²) in [6.45, 7) is 1.89. The normalized spacial score (nSPS) is 10.6. The fraction of sp³-hybridized carbons (Fsp3) is 0.182. The number of nitrogens with zero attached hydrogens (tertiary/aromatic N) is 2. The second-order valence-corrected chi connectivity index (χ2v) is 3.75. The summed E-state index contributed by atoms with van der Waals surface area (Å²) in [6.07, 6.45) is 0.632. The Bertz CT molecular complexity index is 630. The molecule has 2 aromatic rings. The summed E-state index contributed by atoms with van der Waals surface area (Å²) in [5.74, 6) is 5.02. The van der Waals surface area contributed by atoms with Crippen LogP contribution in [0.2, 0.25) is 0 Å². The van der Waals surface area contributed by atoms with Crippen molar-refractivity contribution in [1.82, 2.24) is 4.98 Å². The zero-order valence-corrected chi connectivity index (χ0v) is 9.61. The van der Waals surface area contributed by atoms with E-state index in [0.717, 1.165) is 11.6 Å². The summed E-state index contributed by atoms with van der Waals surface area (Å²) < 4.78 is 13.3. The number of nitro benzene ring substituents is 1. The number of halogens is 1. The van der Waals surface area contributed by atoms with Crippen molar-refractivity contribution in [3.8, 4) is 0 Å². The largest absolute Gasteiger partial charge is 0.308 e. The minimum absolute atomic E-state index is 0.117. The van der Waals surface area contributed by atoms with Gasteiger partial charge in [0.25, 0.3) is 5.69 Å². The van der Waals surface area contributed by atoms with Crippen LogP contribution in [-0.2, 0) is 6.42 Å². The Morgan fingerprint density at radius 2 is 2.22 bits per heavy atom. The summed E-state index contributed by atoms with van der Waals surface area (Å²) in [7, 11) is 0. The average molecular weight is 250 g/mol. The van der Waals surface area contributed by atoms with Crippen LogP contribution in [0.5, 0.6) is 0 Å². The van der Waals surface area contributed by atoms with E-state index in [0.29, 0.717) is 17.6 Å². The number of hydrogen-bond donors (Lipinski definition) is 2. The lowest BCUT2D eigenvalue weighted by atomic mass is 10.1.